The number of nitrogens with one attached hydrogen (secondary N) is 4. The third-order valence-electron chi connectivity index (χ3n) is 10.7. The summed E-state index contributed by atoms with van der Waals surface area (Å²) in [4.78, 5) is 28.8. The van der Waals surface area contributed by atoms with Crippen molar-refractivity contribution in [3.63, 3.8) is 0 Å². The first-order chi connectivity index (χ1) is 26.2. The molecule has 6 rings (SSSR count). The van der Waals surface area contributed by atoms with Crippen molar-refractivity contribution in [1.29, 1.82) is 0 Å². The van der Waals surface area contributed by atoms with Gasteiger partial charge in [0.1, 0.15) is 17.8 Å². The molecule has 10 nitrogen and oxygen atoms in total. The molecule has 304 valence electrons. The number of amides is 1. The van der Waals surface area contributed by atoms with Crippen LogP contribution in [-0.4, -0.2) is 61.6 Å². The van der Waals surface area contributed by atoms with Crippen LogP contribution in [0, 0.1) is 10.8 Å². The van der Waals surface area contributed by atoms with Gasteiger partial charge >= 0.3 is 6.09 Å². The lowest BCUT2D eigenvalue weighted by Gasteiger charge is -2.34. The number of carbonyl (C=O) groups excluding carboxylic acids is 1. The quantitative estimate of drug-likeness (QED) is 0.0755. The Morgan fingerprint density at radius 2 is 1.09 bits per heavy atom. The number of benzene rings is 2. The van der Waals surface area contributed by atoms with Gasteiger partial charge in [-0.25, -0.2) is 32.3 Å². The molecule has 3 atom stereocenters. The molecule has 0 spiro atoms. The number of imidazole rings is 2. The zero-order valence-corrected chi connectivity index (χ0v) is 32.9. The summed E-state index contributed by atoms with van der Waals surface area (Å²) >= 11 is 0. The van der Waals surface area contributed by atoms with Crippen LogP contribution in [0.2, 0.25) is 0 Å². The second-order valence-electron chi connectivity index (χ2n) is 17.4. The number of rotatable bonds is 11. The molecular weight excluding hydrogens is 728 g/mol. The number of alkyl halides is 4. The van der Waals surface area contributed by atoms with E-state index >= 15 is 0 Å². The minimum Gasteiger partial charge on any atom is -0.446 e. The molecule has 4 aromatic rings. The van der Waals surface area contributed by atoms with E-state index < -0.39 is 54.1 Å². The minimum atomic E-state index is -2.70. The summed E-state index contributed by atoms with van der Waals surface area (Å²) in [7, 11) is 0. The predicted octanol–water partition coefficient (Wildman–Crippen LogP) is 10.1. The zero-order chi connectivity index (χ0) is 40.5. The molecule has 2 saturated carbocycles. The summed E-state index contributed by atoms with van der Waals surface area (Å²) in [5, 5.41) is 16.7. The van der Waals surface area contributed by atoms with Gasteiger partial charge in [0.2, 0.25) is 18.3 Å². The molecule has 2 heterocycles. The van der Waals surface area contributed by atoms with Gasteiger partial charge in [-0.3, -0.25) is 5.32 Å². The Hall–Kier alpha value is -4.27. The van der Waals surface area contributed by atoms with Gasteiger partial charge in [0.05, 0.1) is 42.0 Å². The molecule has 0 saturated heterocycles. The van der Waals surface area contributed by atoms with Crippen molar-refractivity contribution < 1.29 is 36.9 Å². The van der Waals surface area contributed by atoms with Crippen LogP contribution in [0.4, 0.5) is 22.4 Å². The molecule has 2 fully saturated rings. The van der Waals surface area contributed by atoms with Gasteiger partial charge in [-0.1, -0.05) is 90.1 Å². The van der Waals surface area contributed by atoms with E-state index in [1.807, 2.05) is 90.1 Å². The van der Waals surface area contributed by atoms with E-state index in [1.54, 1.807) is 12.4 Å². The molecule has 14 heteroatoms. The predicted molar refractivity (Wildman–Crippen MR) is 206 cm³/mol. The maximum Gasteiger partial charge on any atom is 0.408 e. The van der Waals surface area contributed by atoms with Gasteiger partial charge < -0.3 is 29.9 Å². The van der Waals surface area contributed by atoms with E-state index in [9.17, 15) is 27.5 Å². The van der Waals surface area contributed by atoms with Gasteiger partial charge in [0.25, 0.3) is 0 Å². The Bertz CT molecular complexity index is 1900. The normalized spacial score (nSPS) is 19.6. The number of halogens is 4. The number of ether oxygens (including phenoxy) is 2. The molecule has 2 aliphatic carbocycles. The highest BCUT2D eigenvalue weighted by Crippen LogP contribution is 2.38. The highest BCUT2D eigenvalue weighted by Gasteiger charge is 2.39. The second-order valence-corrected chi connectivity index (χ2v) is 17.4. The van der Waals surface area contributed by atoms with Crippen molar-refractivity contribution in [2.24, 2.45) is 10.8 Å². The molecule has 0 aliphatic heterocycles. The number of nitrogens with zero attached hydrogens (tertiary/aromatic N) is 2. The van der Waals surface area contributed by atoms with Crippen molar-refractivity contribution >= 4 is 6.09 Å². The van der Waals surface area contributed by atoms with Crippen molar-refractivity contribution in [3.8, 4) is 33.6 Å². The number of hydrogen-bond acceptors (Lipinski definition) is 7. The van der Waals surface area contributed by atoms with Crippen LogP contribution in [0.3, 0.4) is 0 Å². The van der Waals surface area contributed by atoms with Gasteiger partial charge in [-0.05, 0) is 58.8 Å². The largest absolute Gasteiger partial charge is 0.446 e. The summed E-state index contributed by atoms with van der Waals surface area (Å²) in [6.45, 7) is 12.0. The highest BCUT2D eigenvalue weighted by atomic mass is 19.3. The van der Waals surface area contributed by atoms with E-state index in [0.717, 1.165) is 33.6 Å². The molecule has 1 unspecified atom stereocenters. The van der Waals surface area contributed by atoms with E-state index in [2.05, 4.69) is 30.6 Å². The fourth-order valence-electron chi connectivity index (χ4n) is 7.33. The molecular formula is C42H54F4N6O4. The first-order valence-electron chi connectivity index (χ1n) is 19.4. The lowest BCUT2D eigenvalue weighted by molar-refractivity contribution is -0.185. The monoisotopic (exact) mass is 782 g/mol. The fraction of sp³-hybridized carbons (Fsp3) is 0.548. The van der Waals surface area contributed by atoms with Gasteiger partial charge in [0.15, 0.2) is 0 Å². The SMILES string of the molecule is CC(C)(C)[C@H](NC(=O)OC1CCC(F)(F)CC1)c1ncc(-c2ccc(-c3ccc(-c4cnc([C@@H](NC(O)OC5CCC(F)(F)CC5)C(C)(C)C)[nH]4)cc3)cc2)[nH]1. The van der Waals surface area contributed by atoms with E-state index in [0.29, 0.717) is 11.6 Å². The Morgan fingerprint density at radius 3 is 1.52 bits per heavy atom. The molecule has 0 bridgehead atoms. The second kappa shape index (κ2) is 16.3. The number of carbonyl (C=O) groups is 1. The third kappa shape index (κ3) is 10.6. The maximum atomic E-state index is 13.6. The van der Waals surface area contributed by atoms with E-state index in [1.165, 1.54) is 0 Å². The van der Waals surface area contributed by atoms with Crippen LogP contribution in [0.15, 0.2) is 60.9 Å². The van der Waals surface area contributed by atoms with Crippen LogP contribution in [0.25, 0.3) is 33.6 Å². The summed E-state index contributed by atoms with van der Waals surface area (Å²) in [6, 6.07) is 15.2. The summed E-state index contributed by atoms with van der Waals surface area (Å²) in [5.41, 5.74) is 4.63. The topological polar surface area (TPSA) is 137 Å². The average molecular weight is 783 g/mol. The van der Waals surface area contributed by atoms with Crippen molar-refractivity contribution in [2.75, 3.05) is 0 Å². The smallest absolute Gasteiger partial charge is 0.408 e. The average Bonchev–Trinajstić information content (AvgIpc) is 3.82. The molecule has 0 radical (unpaired) electrons. The summed E-state index contributed by atoms with van der Waals surface area (Å²) in [6.07, 6.45) is 0.0840. The number of H-pyrrole nitrogens is 2. The van der Waals surface area contributed by atoms with Crippen molar-refractivity contribution in [1.82, 2.24) is 30.6 Å². The van der Waals surface area contributed by atoms with Crippen LogP contribution in [-0.2, 0) is 9.47 Å². The number of aromatic nitrogens is 4. The first kappa shape index (κ1) is 41.4. The number of aromatic amines is 2. The lowest BCUT2D eigenvalue weighted by Crippen LogP contribution is -2.44. The molecule has 2 aliphatic rings. The zero-order valence-electron chi connectivity index (χ0n) is 32.9. The van der Waals surface area contributed by atoms with Crippen LogP contribution in [0.5, 0.6) is 0 Å². The third-order valence-corrected chi connectivity index (χ3v) is 10.7. The van der Waals surface area contributed by atoms with Crippen LogP contribution >= 0.6 is 0 Å². The van der Waals surface area contributed by atoms with Crippen molar-refractivity contribution in [2.45, 2.75) is 135 Å². The highest BCUT2D eigenvalue weighted by molar-refractivity contribution is 5.72. The van der Waals surface area contributed by atoms with Crippen LogP contribution < -0.4 is 10.6 Å². The van der Waals surface area contributed by atoms with E-state index in [4.69, 9.17) is 9.47 Å². The molecule has 56 heavy (non-hydrogen) atoms. The van der Waals surface area contributed by atoms with Gasteiger partial charge in [0, 0.05) is 25.7 Å². The number of aliphatic hydroxyl groups excluding tert-OH is 1. The van der Waals surface area contributed by atoms with Crippen LogP contribution in [0.1, 0.15) is 117 Å². The maximum absolute atomic E-state index is 13.6. The number of aliphatic hydroxyl groups is 1. The molecule has 1 amide bonds. The fourth-order valence-corrected chi connectivity index (χ4v) is 7.33. The summed E-state index contributed by atoms with van der Waals surface area (Å²) in [5.74, 6) is -4.20. The van der Waals surface area contributed by atoms with E-state index in [-0.39, 0.29) is 56.8 Å². The summed E-state index contributed by atoms with van der Waals surface area (Å²) < 4.78 is 65.5. The lowest BCUT2D eigenvalue weighted by atomic mass is 9.86. The standard InChI is InChI=1S/C42H54F4N6O4/c1-39(2,3)33(51-37(53)55-29-15-19-41(43,44)20-16-29)35-47-23-31(49-35)27-11-7-25(8-12-27)26-9-13-28(14-10-26)32-24-48-36(50-32)34(40(4,5)6)52-38(54)56-30-17-21-42(45,46)22-18-30/h7-14,23-24,29-30,33-34,37,51,53H,15-22H2,1-6H3,(H,47,49)(H,48,50)(H,52,54)/t33-,34-,37?/m1/s1. The molecule has 5 N–H and O–H groups in total. The molecule has 2 aromatic heterocycles. The Kier molecular flexibility index (Phi) is 12.0. The number of alkyl carbamates (subject to hydrolysis) is 1. The number of hydrogen-bond donors (Lipinski definition) is 5. The Morgan fingerprint density at radius 1 is 0.696 bits per heavy atom. The van der Waals surface area contributed by atoms with Gasteiger partial charge in [-0.2, -0.15) is 0 Å². The first-order valence-corrected chi connectivity index (χ1v) is 19.4. The minimum absolute atomic E-state index is 0.134. The molecule has 2 aromatic carbocycles. The Balaban J connectivity index is 1.07. The Labute approximate surface area is 325 Å². The van der Waals surface area contributed by atoms with Gasteiger partial charge in [-0.15, -0.1) is 0 Å². The van der Waals surface area contributed by atoms with Crippen molar-refractivity contribution in [3.05, 3.63) is 72.6 Å².